The van der Waals surface area contributed by atoms with Crippen molar-refractivity contribution < 1.29 is 9.32 Å². The second kappa shape index (κ2) is 9.45. The molecule has 1 aliphatic carbocycles. The Labute approximate surface area is 177 Å². The molecular formula is C22H31ClN4O2. The fraction of sp³-hybridized carbons (Fsp3) is 0.636. The molecule has 1 aliphatic heterocycles. The van der Waals surface area contributed by atoms with Crippen molar-refractivity contribution in [1.29, 1.82) is 0 Å². The van der Waals surface area contributed by atoms with Gasteiger partial charge in [0.15, 0.2) is 5.58 Å². The van der Waals surface area contributed by atoms with E-state index in [1.165, 1.54) is 25.8 Å². The zero-order valence-corrected chi connectivity index (χ0v) is 17.7. The molecule has 1 amide bonds. The maximum absolute atomic E-state index is 11.4. The number of fused-ring (bicyclic) bond motifs is 1. The number of hydrogen-bond donors (Lipinski definition) is 2. The molecule has 2 aromatic rings. The van der Waals surface area contributed by atoms with E-state index in [2.05, 4.69) is 15.4 Å². The van der Waals surface area contributed by atoms with Crippen molar-refractivity contribution in [3.05, 3.63) is 28.9 Å². The highest BCUT2D eigenvalue weighted by Gasteiger charge is 2.26. The van der Waals surface area contributed by atoms with Gasteiger partial charge < -0.3 is 20.5 Å². The lowest BCUT2D eigenvalue weighted by Gasteiger charge is -2.34. The minimum absolute atomic E-state index is 0.0284. The molecule has 0 bridgehead atoms. The van der Waals surface area contributed by atoms with Gasteiger partial charge in [-0.05, 0) is 82.6 Å². The van der Waals surface area contributed by atoms with E-state index in [1.54, 1.807) is 0 Å². The standard InChI is InChI=1S/C22H31ClN4O2/c23-17-3-6-19-20(13-17)29-26-22(19)16-8-11-27(12-9-16)10-7-15-1-4-18(5-2-15)25-21(28)14-24/h3,6,13,15-16,18H,1-2,4-5,7-12,14,24H2,(H,25,28). The number of piperidine rings is 1. The summed E-state index contributed by atoms with van der Waals surface area (Å²) in [5, 5.41) is 9.17. The van der Waals surface area contributed by atoms with Crippen molar-refractivity contribution in [1.82, 2.24) is 15.4 Å². The van der Waals surface area contributed by atoms with Gasteiger partial charge in [-0.25, -0.2) is 0 Å². The Balaban J connectivity index is 1.20. The van der Waals surface area contributed by atoms with Crippen LogP contribution in [0.5, 0.6) is 0 Å². The van der Waals surface area contributed by atoms with Crippen molar-refractivity contribution in [3.63, 3.8) is 0 Å². The number of amides is 1. The number of halogens is 1. The van der Waals surface area contributed by atoms with Gasteiger partial charge in [0, 0.05) is 28.4 Å². The van der Waals surface area contributed by atoms with E-state index in [4.69, 9.17) is 21.9 Å². The summed E-state index contributed by atoms with van der Waals surface area (Å²) in [5.41, 5.74) is 7.27. The summed E-state index contributed by atoms with van der Waals surface area (Å²) in [7, 11) is 0. The third kappa shape index (κ3) is 5.11. The van der Waals surface area contributed by atoms with Gasteiger partial charge in [0.05, 0.1) is 12.2 Å². The number of nitrogens with zero attached hydrogens (tertiary/aromatic N) is 2. The van der Waals surface area contributed by atoms with Gasteiger partial charge in [-0.15, -0.1) is 0 Å². The molecule has 29 heavy (non-hydrogen) atoms. The van der Waals surface area contributed by atoms with Crippen LogP contribution in [0.1, 0.15) is 56.6 Å². The molecule has 0 atom stereocenters. The second-order valence-corrected chi connectivity index (χ2v) is 9.04. The quantitative estimate of drug-likeness (QED) is 0.747. The summed E-state index contributed by atoms with van der Waals surface area (Å²) in [5.74, 6) is 1.22. The molecule has 2 fully saturated rings. The van der Waals surface area contributed by atoms with Gasteiger partial charge in [0.2, 0.25) is 5.91 Å². The van der Waals surface area contributed by atoms with E-state index in [9.17, 15) is 4.79 Å². The second-order valence-electron chi connectivity index (χ2n) is 8.60. The number of nitrogens with two attached hydrogens (primary N) is 1. The Morgan fingerprint density at radius 3 is 2.69 bits per heavy atom. The van der Waals surface area contributed by atoms with Crippen LogP contribution in [0.3, 0.4) is 0 Å². The first-order valence-electron chi connectivity index (χ1n) is 10.9. The monoisotopic (exact) mass is 418 g/mol. The molecule has 3 N–H and O–H groups in total. The highest BCUT2D eigenvalue weighted by molar-refractivity contribution is 6.31. The zero-order valence-electron chi connectivity index (χ0n) is 16.9. The van der Waals surface area contributed by atoms with Crippen molar-refractivity contribution in [2.24, 2.45) is 11.7 Å². The lowest BCUT2D eigenvalue weighted by atomic mass is 9.83. The molecule has 0 unspecified atom stereocenters. The molecular weight excluding hydrogens is 388 g/mol. The highest BCUT2D eigenvalue weighted by atomic mass is 35.5. The summed E-state index contributed by atoms with van der Waals surface area (Å²) in [6, 6.07) is 6.11. The fourth-order valence-corrected chi connectivity index (χ4v) is 5.06. The van der Waals surface area contributed by atoms with Crippen LogP contribution in [-0.2, 0) is 4.79 Å². The Morgan fingerprint density at radius 1 is 1.21 bits per heavy atom. The van der Waals surface area contributed by atoms with Gasteiger partial charge in [0.25, 0.3) is 0 Å². The van der Waals surface area contributed by atoms with Crippen LogP contribution in [-0.4, -0.2) is 48.2 Å². The average molecular weight is 419 g/mol. The van der Waals surface area contributed by atoms with Crippen LogP contribution in [0.25, 0.3) is 11.0 Å². The number of hydrogen-bond acceptors (Lipinski definition) is 5. The van der Waals surface area contributed by atoms with Crippen LogP contribution in [0.2, 0.25) is 5.02 Å². The van der Waals surface area contributed by atoms with Crippen LogP contribution >= 0.6 is 11.6 Å². The van der Waals surface area contributed by atoms with E-state index in [0.29, 0.717) is 17.0 Å². The van der Waals surface area contributed by atoms with Crippen molar-refractivity contribution in [3.8, 4) is 0 Å². The van der Waals surface area contributed by atoms with Crippen LogP contribution in [0, 0.1) is 5.92 Å². The van der Waals surface area contributed by atoms with Crippen molar-refractivity contribution in [2.75, 3.05) is 26.2 Å². The maximum Gasteiger partial charge on any atom is 0.233 e. The first kappa shape index (κ1) is 20.6. The summed E-state index contributed by atoms with van der Waals surface area (Å²) < 4.78 is 5.50. The lowest BCUT2D eigenvalue weighted by Crippen LogP contribution is -2.41. The van der Waals surface area contributed by atoms with Gasteiger partial charge in [-0.2, -0.15) is 0 Å². The fourth-order valence-electron chi connectivity index (χ4n) is 4.90. The van der Waals surface area contributed by atoms with Gasteiger partial charge in [-0.1, -0.05) is 16.8 Å². The first-order chi connectivity index (χ1) is 14.1. The van der Waals surface area contributed by atoms with Crippen molar-refractivity contribution in [2.45, 2.75) is 56.9 Å². The summed E-state index contributed by atoms with van der Waals surface area (Å²) in [4.78, 5) is 14.0. The molecule has 1 saturated heterocycles. The largest absolute Gasteiger partial charge is 0.356 e. The summed E-state index contributed by atoms with van der Waals surface area (Å²) in [6.07, 6.45) is 8.10. The molecule has 7 heteroatoms. The van der Waals surface area contributed by atoms with Crippen molar-refractivity contribution >= 4 is 28.5 Å². The number of aromatic nitrogens is 1. The van der Waals surface area contributed by atoms with E-state index in [1.807, 2.05) is 18.2 Å². The minimum Gasteiger partial charge on any atom is -0.356 e. The number of carbonyl (C=O) groups is 1. The predicted octanol–water partition coefficient (Wildman–Crippen LogP) is 3.68. The van der Waals surface area contributed by atoms with Gasteiger partial charge in [-0.3, -0.25) is 4.79 Å². The highest BCUT2D eigenvalue weighted by Crippen LogP contribution is 2.34. The van der Waals surface area contributed by atoms with Crippen LogP contribution in [0.4, 0.5) is 0 Å². The lowest BCUT2D eigenvalue weighted by molar-refractivity contribution is -0.120. The summed E-state index contributed by atoms with van der Waals surface area (Å²) in [6.45, 7) is 3.50. The molecule has 1 saturated carbocycles. The first-order valence-corrected chi connectivity index (χ1v) is 11.3. The molecule has 2 heterocycles. The number of nitrogens with one attached hydrogen (secondary N) is 1. The Kier molecular flexibility index (Phi) is 6.73. The number of rotatable bonds is 6. The molecule has 6 nitrogen and oxygen atoms in total. The third-order valence-corrected chi connectivity index (χ3v) is 6.92. The Hall–Kier alpha value is -1.63. The van der Waals surface area contributed by atoms with Crippen LogP contribution < -0.4 is 11.1 Å². The molecule has 2 aliphatic rings. The average Bonchev–Trinajstić information content (AvgIpc) is 3.16. The minimum atomic E-state index is -0.0284. The van der Waals surface area contributed by atoms with E-state index in [0.717, 1.165) is 61.4 Å². The zero-order chi connectivity index (χ0) is 20.2. The molecule has 0 spiro atoms. The van der Waals surface area contributed by atoms with E-state index < -0.39 is 0 Å². The number of benzene rings is 1. The molecule has 0 radical (unpaired) electrons. The van der Waals surface area contributed by atoms with E-state index >= 15 is 0 Å². The smallest absolute Gasteiger partial charge is 0.233 e. The molecule has 4 rings (SSSR count). The number of carbonyl (C=O) groups excluding carboxylic acids is 1. The topological polar surface area (TPSA) is 84.4 Å². The Morgan fingerprint density at radius 2 is 1.97 bits per heavy atom. The van der Waals surface area contributed by atoms with E-state index in [-0.39, 0.29) is 12.5 Å². The van der Waals surface area contributed by atoms with Gasteiger partial charge >= 0.3 is 0 Å². The maximum atomic E-state index is 11.4. The number of likely N-dealkylation sites (tertiary alicyclic amines) is 1. The Bertz CT molecular complexity index is 823. The predicted molar refractivity (Wildman–Crippen MR) is 115 cm³/mol. The third-order valence-electron chi connectivity index (χ3n) is 6.69. The van der Waals surface area contributed by atoms with Crippen LogP contribution in [0.15, 0.2) is 22.7 Å². The molecule has 1 aromatic heterocycles. The van der Waals surface area contributed by atoms with Gasteiger partial charge in [0.1, 0.15) is 0 Å². The summed E-state index contributed by atoms with van der Waals surface area (Å²) >= 11 is 6.05. The SMILES string of the molecule is NCC(=O)NC1CCC(CCN2CCC(c3noc4cc(Cl)ccc34)CC2)CC1. The molecule has 1 aromatic carbocycles. The molecule has 158 valence electrons. The normalized spacial score (nSPS) is 24.1.